The number of hydrogen-bond donors (Lipinski definition) is 2. The highest BCUT2D eigenvalue weighted by molar-refractivity contribution is 5.41. The van der Waals surface area contributed by atoms with Gasteiger partial charge in [0.1, 0.15) is 0 Å². The van der Waals surface area contributed by atoms with Crippen LogP contribution in [0.1, 0.15) is 33.3 Å². The van der Waals surface area contributed by atoms with Crippen LogP contribution in [-0.2, 0) is 6.54 Å². The predicted molar refractivity (Wildman–Crippen MR) is 83.1 cm³/mol. The molecule has 4 nitrogen and oxygen atoms in total. The fraction of sp³-hybridized carbons (Fsp3) is 0.625. The lowest BCUT2D eigenvalue weighted by molar-refractivity contribution is 0.183. The second-order valence-electron chi connectivity index (χ2n) is 5.91. The van der Waals surface area contributed by atoms with Crippen LogP contribution in [0.15, 0.2) is 18.2 Å². The zero-order valence-corrected chi connectivity index (χ0v) is 13.1. The third-order valence-electron chi connectivity index (χ3n) is 3.38. The van der Waals surface area contributed by atoms with Gasteiger partial charge in [-0.15, -0.1) is 0 Å². The van der Waals surface area contributed by atoms with E-state index < -0.39 is 0 Å². The molecule has 0 aliphatic heterocycles. The molecule has 0 saturated heterocycles. The Hall–Kier alpha value is -1.26. The van der Waals surface area contributed by atoms with Crippen LogP contribution in [0.25, 0.3) is 0 Å². The first-order valence-electron chi connectivity index (χ1n) is 7.29. The maximum Gasteiger partial charge on any atom is 0.161 e. The van der Waals surface area contributed by atoms with Crippen molar-refractivity contribution in [1.29, 1.82) is 0 Å². The van der Waals surface area contributed by atoms with Gasteiger partial charge in [-0.25, -0.2) is 0 Å². The minimum absolute atomic E-state index is 0.107. The summed E-state index contributed by atoms with van der Waals surface area (Å²) in [6.45, 7) is 12.4. The molecule has 1 aromatic carbocycles. The maximum absolute atomic E-state index is 9.73. The molecule has 0 aliphatic rings. The summed E-state index contributed by atoms with van der Waals surface area (Å²) in [5.41, 5.74) is 7.05. The topological polar surface area (TPSA) is 58.7 Å². The van der Waals surface area contributed by atoms with Crippen LogP contribution in [-0.4, -0.2) is 36.2 Å². The molecule has 1 rings (SSSR count). The average Bonchev–Trinajstić information content (AvgIpc) is 2.42. The number of rotatable bonds is 8. The van der Waals surface area contributed by atoms with Crippen LogP contribution in [0, 0.1) is 5.41 Å². The Morgan fingerprint density at radius 3 is 2.55 bits per heavy atom. The van der Waals surface area contributed by atoms with Gasteiger partial charge in [0, 0.05) is 13.1 Å². The Kier molecular flexibility index (Phi) is 6.30. The molecule has 0 unspecified atom stereocenters. The number of phenolic OH excluding ortho intramolecular Hbond substituents is 1. The lowest BCUT2D eigenvalue weighted by atomic mass is 9.93. The zero-order valence-electron chi connectivity index (χ0n) is 13.1. The number of phenols is 1. The first-order chi connectivity index (χ1) is 9.41. The summed E-state index contributed by atoms with van der Waals surface area (Å²) in [6.07, 6.45) is 0. The fourth-order valence-corrected chi connectivity index (χ4v) is 2.14. The Morgan fingerprint density at radius 2 is 2.00 bits per heavy atom. The van der Waals surface area contributed by atoms with Crippen molar-refractivity contribution in [2.45, 2.75) is 34.2 Å². The monoisotopic (exact) mass is 280 g/mol. The normalized spacial score (nSPS) is 11.9. The number of nitrogens with zero attached hydrogens (tertiary/aromatic N) is 1. The molecule has 0 radical (unpaired) electrons. The molecule has 0 amide bonds. The van der Waals surface area contributed by atoms with Gasteiger partial charge in [-0.05, 0) is 43.1 Å². The number of ether oxygens (including phenoxy) is 1. The minimum atomic E-state index is 0.107. The van der Waals surface area contributed by atoms with Gasteiger partial charge in [0.2, 0.25) is 0 Å². The fourth-order valence-electron chi connectivity index (χ4n) is 2.14. The molecule has 0 fully saturated rings. The van der Waals surface area contributed by atoms with Gasteiger partial charge in [-0.2, -0.15) is 0 Å². The van der Waals surface area contributed by atoms with Crippen molar-refractivity contribution < 1.29 is 9.84 Å². The summed E-state index contributed by atoms with van der Waals surface area (Å²) in [6, 6.07) is 5.55. The SMILES string of the molecule is CCOc1cc(CN(CC)CC(C)(C)CN)ccc1O. The van der Waals surface area contributed by atoms with E-state index in [9.17, 15) is 5.11 Å². The van der Waals surface area contributed by atoms with Crippen molar-refractivity contribution >= 4 is 0 Å². The number of nitrogens with two attached hydrogens (primary N) is 1. The van der Waals surface area contributed by atoms with E-state index in [1.807, 2.05) is 19.1 Å². The smallest absolute Gasteiger partial charge is 0.161 e. The van der Waals surface area contributed by atoms with Crippen LogP contribution in [0.5, 0.6) is 11.5 Å². The average molecular weight is 280 g/mol. The molecule has 0 saturated carbocycles. The Labute approximate surface area is 122 Å². The van der Waals surface area contributed by atoms with E-state index in [0.29, 0.717) is 18.9 Å². The van der Waals surface area contributed by atoms with Crippen LogP contribution in [0.4, 0.5) is 0 Å². The quantitative estimate of drug-likeness (QED) is 0.768. The highest BCUT2D eigenvalue weighted by atomic mass is 16.5. The standard InChI is InChI=1S/C16H28N2O2/c1-5-18(12-16(3,4)11-17)10-13-7-8-14(19)15(9-13)20-6-2/h7-9,19H,5-6,10-12,17H2,1-4H3. The van der Waals surface area contributed by atoms with E-state index in [4.69, 9.17) is 10.5 Å². The number of benzene rings is 1. The highest BCUT2D eigenvalue weighted by Crippen LogP contribution is 2.27. The second-order valence-corrected chi connectivity index (χ2v) is 5.91. The lowest BCUT2D eigenvalue weighted by Crippen LogP contribution is -2.38. The van der Waals surface area contributed by atoms with E-state index in [1.165, 1.54) is 0 Å². The van der Waals surface area contributed by atoms with Gasteiger partial charge < -0.3 is 15.6 Å². The Balaban J connectivity index is 2.77. The van der Waals surface area contributed by atoms with Gasteiger partial charge >= 0.3 is 0 Å². The molecule has 4 heteroatoms. The van der Waals surface area contributed by atoms with Gasteiger partial charge in [-0.1, -0.05) is 26.8 Å². The molecular formula is C16H28N2O2. The largest absolute Gasteiger partial charge is 0.504 e. The molecule has 3 N–H and O–H groups in total. The molecule has 0 aromatic heterocycles. The third kappa shape index (κ3) is 5.02. The van der Waals surface area contributed by atoms with E-state index in [1.54, 1.807) is 6.07 Å². The van der Waals surface area contributed by atoms with E-state index in [2.05, 4.69) is 25.7 Å². The van der Waals surface area contributed by atoms with Crippen LogP contribution in [0.3, 0.4) is 0 Å². The van der Waals surface area contributed by atoms with Crippen molar-refractivity contribution in [3.63, 3.8) is 0 Å². The minimum Gasteiger partial charge on any atom is -0.504 e. The molecule has 0 aliphatic carbocycles. The first-order valence-corrected chi connectivity index (χ1v) is 7.29. The third-order valence-corrected chi connectivity index (χ3v) is 3.38. The summed E-state index contributed by atoms with van der Waals surface area (Å²) >= 11 is 0. The van der Waals surface area contributed by atoms with Crippen molar-refractivity contribution in [2.75, 3.05) is 26.2 Å². The Morgan fingerprint density at radius 1 is 1.30 bits per heavy atom. The zero-order chi connectivity index (χ0) is 15.2. The van der Waals surface area contributed by atoms with Crippen molar-refractivity contribution in [2.24, 2.45) is 11.1 Å². The summed E-state index contributed by atoms with van der Waals surface area (Å²) in [4.78, 5) is 2.36. The molecule has 0 atom stereocenters. The molecule has 0 bridgehead atoms. The highest BCUT2D eigenvalue weighted by Gasteiger charge is 2.19. The lowest BCUT2D eigenvalue weighted by Gasteiger charge is -2.31. The van der Waals surface area contributed by atoms with Crippen molar-refractivity contribution in [3.8, 4) is 11.5 Å². The van der Waals surface area contributed by atoms with Crippen LogP contribution < -0.4 is 10.5 Å². The molecular weight excluding hydrogens is 252 g/mol. The number of aromatic hydroxyl groups is 1. The van der Waals surface area contributed by atoms with Gasteiger partial charge in [0.25, 0.3) is 0 Å². The Bertz CT molecular complexity index is 419. The molecule has 1 aromatic rings. The summed E-state index contributed by atoms with van der Waals surface area (Å²) in [5, 5.41) is 9.73. The van der Waals surface area contributed by atoms with Crippen molar-refractivity contribution in [3.05, 3.63) is 23.8 Å². The number of hydrogen-bond acceptors (Lipinski definition) is 4. The van der Waals surface area contributed by atoms with E-state index >= 15 is 0 Å². The summed E-state index contributed by atoms with van der Waals surface area (Å²) in [5.74, 6) is 0.750. The molecule has 0 spiro atoms. The van der Waals surface area contributed by atoms with Gasteiger partial charge in [0.15, 0.2) is 11.5 Å². The van der Waals surface area contributed by atoms with Crippen LogP contribution in [0.2, 0.25) is 0 Å². The molecule has 20 heavy (non-hydrogen) atoms. The van der Waals surface area contributed by atoms with Gasteiger partial charge in [-0.3, -0.25) is 4.90 Å². The summed E-state index contributed by atoms with van der Waals surface area (Å²) < 4.78 is 5.43. The van der Waals surface area contributed by atoms with Gasteiger partial charge in [0.05, 0.1) is 6.61 Å². The van der Waals surface area contributed by atoms with E-state index in [0.717, 1.165) is 25.2 Å². The van der Waals surface area contributed by atoms with Crippen LogP contribution >= 0.6 is 0 Å². The molecule has 0 heterocycles. The van der Waals surface area contributed by atoms with Crippen molar-refractivity contribution in [1.82, 2.24) is 4.90 Å². The second kappa shape index (κ2) is 7.50. The van der Waals surface area contributed by atoms with E-state index in [-0.39, 0.29) is 11.2 Å². The molecule has 114 valence electrons. The first kappa shape index (κ1) is 16.8. The predicted octanol–water partition coefficient (Wildman–Crippen LogP) is 2.60. The summed E-state index contributed by atoms with van der Waals surface area (Å²) in [7, 11) is 0. The maximum atomic E-state index is 9.73.